The van der Waals surface area contributed by atoms with Crippen molar-refractivity contribution in [3.63, 3.8) is 0 Å². The van der Waals surface area contributed by atoms with E-state index in [-0.39, 0.29) is 18.1 Å². The van der Waals surface area contributed by atoms with Crippen molar-refractivity contribution in [1.29, 1.82) is 0 Å². The van der Waals surface area contributed by atoms with Crippen molar-refractivity contribution < 1.29 is 17.9 Å². The third-order valence-corrected chi connectivity index (χ3v) is 3.94. The van der Waals surface area contributed by atoms with Gasteiger partial charge in [-0.15, -0.1) is 0 Å². The molecule has 6 heteroatoms. The van der Waals surface area contributed by atoms with E-state index in [0.717, 1.165) is 32.0 Å². The molecule has 2 aliphatic heterocycles. The average molecular weight is 298 g/mol. The Bertz CT molecular complexity index is 536. The van der Waals surface area contributed by atoms with E-state index in [0.29, 0.717) is 5.90 Å². The maximum atomic E-state index is 13.1. The van der Waals surface area contributed by atoms with Crippen LogP contribution < -0.4 is 5.32 Å². The first-order chi connectivity index (χ1) is 10.1. The van der Waals surface area contributed by atoms with Crippen LogP contribution in [0, 0.1) is 5.92 Å². The summed E-state index contributed by atoms with van der Waals surface area (Å²) in [6.45, 7) is 1.95. The lowest BCUT2D eigenvalue weighted by molar-refractivity contribution is -0.138. The van der Waals surface area contributed by atoms with Gasteiger partial charge in [0.2, 0.25) is 0 Å². The summed E-state index contributed by atoms with van der Waals surface area (Å²) in [7, 11) is 0. The zero-order chi connectivity index (χ0) is 14.9. The van der Waals surface area contributed by atoms with Crippen molar-refractivity contribution in [3.05, 3.63) is 35.4 Å². The van der Waals surface area contributed by atoms with Gasteiger partial charge in [-0.3, -0.25) is 0 Å². The Morgan fingerprint density at radius 1 is 1.24 bits per heavy atom. The highest BCUT2D eigenvalue weighted by Gasteiger charge is 2.37. The number of piperidine rings is 1. The molecule has 1 saturated heterocycles. The first-order valence-electron chi connectivity index (χ1n) is 7.13. The Kier molecular flexibility index (Phi) is 3.89. The Morgan fingerprint density at radius 2 is 2.05 bits per heavy atom. The summed E-state index contributed by atoms with van der Waals surface area (Å²) in [6, 6.07) is 5.05. The molecule has 0 aliphatic carbocycles. The molecular formula is C15H17F3N2O. The SMILES string of the molecule is FC(F)(F)c1ccccc1C1COC(C2CCCNC2)=N1. The Balaban J connectivity index is 1.84. The highest BCUT2D eigenvalue weighted by molar-refractivity contribution is 5.80. The quantitative estimate of drug-likeness (QED) is 0.910. The minimum atomic E-state index is -4.36. The molecule has 114 valence electrons. The van der Waals surface area contributed by atoms with Gasteiger partial charge in [-0.2, -0.15) is 13.2 Å². The predicted molar refractivity (Wildman–Crippen MR) is 73.2 cm³/mol. The standard InChI is InChI=1S/C15H17F3N2O/c16-15(17,18)12-6-2-1-5-11(12)13-9-21-14(20-13)10-4-3-7-19-8-10/h1-2,5-6,10,13,19H,3-4,7-9H2. The second-order valence-corrected chi connectivity index (χ2v) is 5.42. The summed E-state index contributed by atoms with van der Waals surface area (Å²) >= 11 is 0. The van der Waals surface area contributed by atoms with Crippen molar-refractivity contribution in [1.82, 2.24) is 5.32 Å². The van der Waals surface area contributed by atoms with E-state index in [2.05, 4.69) is 10.3 Å². The molecule has 2 heterocycles. The first-order valence-corrected chi connectivity index (χ1v) is 7.13. The minimum absolute atomic E-state index is 0.182. The topological polar surface area (TPSA) is 33.6 Å². The molecular weight excluding hydrogens is 281 g/mol. The molecule has 1 aromatic rings. The van der Waals surface area contributed by atoms with Crippen LogP contribution in [0.15, 0.2) is 29.3 Å². The zero-order valence-electron chi connectivity index (χ0n) is 11.5. The molecule has 0 bridgehead atoms. The fraction of sp³-hybridized carbons (Fsp3) is 0.533. The first kappa shape index (κ1) is 14.4. The highest BCUT2D eigenvalue weighted by atomic mass is 19.4. The van der Waals surface area contributed by atoms with Gasteiger partial charge in [0.15, 0.2) is 5.90 Å². The number of nitrogens with one attached hydrogen (secondary N) is 1. The molecule has 21 heavy (non-hydrogen) atoms. The van der Waals surface area contributed by atoms with E-state index in [1.165, 1.54) is 12.1 Å². The molecule has 0 saturated carbocycles. The Labute approximate surface area is 121 Å². The molecule has 0 radical (unpaired) electrons. The van der Waals surface area contributed by atoms with Gasteiger partial charge < -0.3 is 10.1 Å². The summed E-state index contributed by atoms with van der Waals surface area (Å²) in [5, 5.41) is 3.26. The molecule has 2 aliphatic rings. The van der Waals surface area contributed by atoms with E-state index in [1.807, 2.05) is 0 Å². The molecule has 0 amide bonds. The lowest BCUT2D eigenvalue weighted by Gasteiger charge is -2.21. The summed E-state index contributed by atoms with van der Waals surface area (Å²) in [5.74, 6) is 0.783. The average Bonchev–Trinajstić information content (AvgIpc) is 2.97. The van der Waals surface area contributed by atoms with Crippen LogP contribution in [0.3, 0.4) is 0 Å². The molecule has 1 fully saturated rings. The van der Waals surface area contributed by atoms with Crippen LogP contribution in [-0.2, 0) is 10.9 Å². The maximum absolute atomic E-state index is 13.1. The monoisotopic (exact) mass is 298 g/mol. The van der Waals surface area contributed by atoms with Crippen LogP contribution in [0.5, 0.6) is 0 Å². The normalized spacial score (nSPS) is 26.3. The van der Waals surface area contributed by atoms with Crippen molar-refractivity contribution in [2.75, 3.05) is 19.7 Å². The fourth-order valence-corrected chi connectivity index (χ4v) is 2.88. The number of ether oxygens (including phenoxy) is 1. The largest absolute Gasteiger partial charge is 0.478 e. The van der Waals surface area contributed by atoms with Crippen LogP contribution in [0.1, 0.15) is 30.0 Å². The second-order valence-electron chi connectivity index (χ2n) is 5.42. The highest BCUT2D eigenvalue weighted by Crippen LogP contribution is 2.37. The van der Waals surface area contributed by atoms with Gasteiger partial charge in [0.05, 0.1) is 5.56 Å². The lowest BCUT2D eigenvalue weighted by Crippen LogP contribution is -2.34. The smallest absolute Gasteiger partial charge is 0.416 e. The van der Waals surface area contributed by atoms with Crippen LogP contribution in [-0.4, -0.2) is 25.6 Å². The van der Waals surface area contributed by atoms with Crippen LogP contribution >= 0.6 is 0 Å². The summed E-state index contributed by atoms with van der Waals surface area (Å²) in [5.41, 5.74) is -0.422. The number of aliphatic imine (C=N–C) groups is 1. The molecule has 2 atom stereocenters. The fourth-order valence-electron chi connectivity index (χ4n) is 2.88. The molecule has 0 aromatic heterocycles. The third-order valence-electron chi connectivity index (χ3n) is 3.94. The number of halogens is 3. The molecule has 3 rings (SSSR count). The Hall–Kier alpha value is -1.56. The summed E-state index contributed by atoms with van der Waals surface area (Å²) < 4.78 is 44.7. The van der Waals surface area contributed by atoms with Gasteiger partial charge >= 0.3 is 6.18 Å². The van der Waals surface area contributed by atoms with Gasteiger partial charge in [0.25, 0.3) is 0 Å². The van der Waals surface area contributed by atoms with E-state index in [4.69, 9.17) is 4.74 Å². The lowest BCUT2D eigenvalue weighted by atomic mass is 9.99. The van der Waals surface area contributed by atoms with Crippen LogP contribution in [0.4, 0.5) is 13.2 Å². The van der Waals surface area contributed by atoms with Gasteiger partial charge in [-0.1, -0.05) is 18.2 Å². The number of benzene rings is 1. The minimum Gasteiger partial charge on any atom is -0.478 e. The number of alkyl halides is 3. The molecule has 2 unspecified atom stereocenters. The van der Waals surface area contributed by atoms with E-state index in [1.54, 1.807) is 6.07 Å². The number of hydrogen-bond acceptors (Lipinski definition) is 3. The van der Waals surface area contributed by atoms with Gasteiger partial charge in [-0.05, 0) is 31.0 Å². The third kappa shape index (κ3) is 3.05. The van der Waals surface area contributed by atoms with Gasteiger partial charge in [0.1, 0.15) is 12.6 Å². The van der Waals surface area contributed by atoms with Crippen molar-refractivity contribution in [2.24, 2.45) is 10.9 Å². The Morgan fingerprint density at radius 3 is 2.76 bits per heavy atom. The van der Waals surface area contributed by atoms with E-state index < -0.39 is 17.8 Å². The van der Waals surface area contributed by atoms with Crippen LogP contribution in [0.25, 0.3) is 0 Å². The van der Waals surface area contributed by atoms with Gasteiger partial charge in [-0.25, -0.2) is 4.99 Å². The second kappa shape index (κ2) is 5.67. The summed E-state index contributed by atoms with van der Waals surface area (Å²) in [4.78, 5) is 4.41. The number of nitrogens with zero attached hydrogens (tertiary/aromatic N) is 1. The van der Waals surface area contributed by atoms with Crippen molar-refractivity contribution in [2.45, 2.75) is 25.1 Å². The van der Waals surface area contributed by atoms with Crippen molar-refractivity contribution in [3.8, 4) is 0 Å². The molecule has 1 aromatic carbocycles. The number of rotatable bonds is 2. The van der Waals surface area contributed by atoms with E-state index >= 15 is 0 Å². The number of hydrogen-bond donors (Lipinski definition) is 1. The van der Waals surface area contributed by atoms with Crippen LogP contribution in [0.2, 0.25) is 0 Å². The predicted octanol–water partition coefficient (Wildman–Crippen LogP) is 3.17. The van der Waals surface area contributed by atoms with Gasteiger partial charge in [0, 0.05) is 12.5 Å². The molecule has 3 nitrogen and oxygen atoms in total. The molecule has 1 N–H and O–H groups in total. The zero-order valence-corrected chi connectivity index (χ0v) is 11.5. The summed E-state index contributed by atoms with van der Waals surface area (Å²) in [6.07, 6.45) is -2.35. The molecule has 0 spiro atoms. The maximum Gasteiger partial charge on any atom is 0.416 e. The van der Waals surface area contributed by atoms with E-state index in [9.17, 15) is 13.2 Å². The van der Waals surface area contributed by atoms with Crippen molar-refractivity contribution >= 4 is 5.90 Å².